The van der Waals surface area contributed by atoms with Gasteiger partial charge in [-0.2, -0.15) is 13.1 Å². The summed E-state index contributed by atoms with van der Waals surface area (Å²) < 4.78 is 55.8. The Morgan fingerprint density at radius 2 is 1.62 bits per heavy atom. The second kappa shape index (κ2) is 11.2. The second-order valence-corrected chi connectivity index (χ2v) is 9.40. The van der Waals surface area contributed by atoms with E-state index < -0.39 is 16.6 Å². The number of sulfonamides is 1. The summed E-state index contributed by atoms with van der Waals surface area (Å²) in [5.74, 6) is -0.282. The Kier molecular flexibility index (Phi) is 8.35. The Morgan fingerprint density at radius 3 is 2.22 bits per heavy atom. The zero-order valence-electron chi connectivity index (χ0n) is 17.5. The Balaban J connectivity index is 1.53. The second-order valence-electron chi connectivity index (χ2n) is 7.46. The van der Waals surface area contributed by atoms with Crippen LogP contribution in [-0.4, -0.2) is 38.3 Å². The number of rotatable bonds is 8. The Morgan fingerprint density at radius 1 is 1.00 bits per heavy atom. The van der Waals surface area contributed by atoms with Crippen LogP contribution in [0, 0.1) is 0 Å². The van der Waals surface area contributed by atoms with Crippen molar-refractivity contribution >= 4 is 22.0 Å². The van der Waals surface area contributed by atoms with Gasteiger partial charge in [0.15, 0.2) is 0 Å². The van der Waals surface area contributed by atoms with Gasteiger partial charge in [-0.25, -0.2) is 8.42 Å². The smallest absolute Gasteiger partial charge is 0.387 e. The molecule has 0 aliphatic carbocycles. The van der Waals surface area contributed by atoms with E-state index in [-0.39, 0.29) is 23.1 Å². The zero-order valence-corrected chi connectivity index (χ0v) is 18.4. The highest BCUT2D eigenvalue weighted by Gasteiger charge is 2.24. The highest BCUT2D eigenvalue weighted by molar-refractivity contribution is 7.89. The first-order valence-corrected chi connectivity index (χ1v) is 11.9. The van der Waals surface area contributed by atoms with Gasteiger partial charge < -0.3 is 10.1 Å². The highest BCUT2D eigenvalue weighted by Crippen LogP contribution is 2.21. The topological polar surface area (TPSA) is 75.7 Å². The van der Waals surface area contributed by atoms with Gasteiger partial charge in [-0.05, 0) is 54.3 Å². The minimum Gasteiger partial charge on any atom is -0.435 e. The number of carbonyl (C=O) groups excluding carboxylic acids is 1. The number of halogens is 2. The SMILES string of the molecule is O=C(/C=C/c1ccc(S(=O)(=O)N2CCCCCC2)cc1)NCc1ccc(OC(F)F)cc1. The third kappa shape index (κ3) is 6.86. The van der Waals surface area contributed by atoms with Crippen LogP contribution in [0.2, 0.25) is 0 Å². The molecule has 0 spiro atoms. The Labute approximate surface area is 186 Å². The first kappa shape index (κ1) is 23.9. The van der Waals surface area contributed by atoms with Crippen LogP contribution in [0.3, 0.4) is 0 Å². The van der Waals surface area contributed by atoms with Crippen molar-refractivity contribution < 1.29 is 26.7 Å². The van der Waals surface area contributed by atoms with E-state index in [1.54, 1.807) is 46.8 Å². The molecule has 0 atom stereocenters. The van der Waals surface area contributed by atoms with E-state index in [2.05, 4.69) is 10.1 Å². The summed E-state index contributed by atoms with van der Waals surface area (Å²) in [6.07, 6.45) is 6.81. The van der Waals surface area contributed by atoms with Gasteiger partial charge in [0.25, 0.3) is 0 Å². The van der Waals surface area contributed by atoms with Crippen LogP contribution < -0.4 is 10.1 Å². The molecule has 2 aromatic rings. The molecule has 172 valence electrons. The molecule has 1 aliphatic rings. The minimum atomic E-state index is -3.50. The van der Waals surface area contributed by atoms with Crippen molar-refractivity contribution in [3.63, 3.8) is 0 Å². The van der Waals surface area contributed by atoms with E-state index in [1.807, 2.05) is 0 Å². The van der Waals surface area contributed by atoms with Crippen LogP contribution >= 0.6 is 0 Å². The summed E-state index contributed by atoms with van der Waals surface area (Å²) in [7, 11) is -3.50. The lowest BCUT2D eigenvalue weighted by Crippen LogP contribution is -2.31. The first-order valence-electron chi connectivity index (χ1n) is 10.4. The summed E-state index contributed by atoms with van der Waals surface area (Å²) in [5, 5.41) is 2.70. The summed E-state index contributed by atoms with van der Waals surface area (Å²) in [6.45, 7) is -1.56. The number of nitrogens with zero attached hydrogens (tertiary/aromatic N) is 1. The van der Waals surface area contributed by atoms with Gasteiger partial charge in [-0.15, -0.1) is 0 Å². The van der Waals surface area contributed by atoms with E-state index in [0.29, 0.717) is 18.7 Å². The van der Waals surface area contributed by atoms with Gasteiger partial charge >= 0.3 is 6.61 Å². The summed E-state index contributed by atoms with van der Waals surface area (Å²) in [6, 6.07) is 12.4. The van der Waals surface area contributed by atoms with Crippen LogP contribution in [-0.2, 0) is 21.4 Å². The largest absolute Gasteiger partial charge is 0.435 e. The van der Waals surface area contributed by atoms with E-state index in [0.717, 1.165) is 31.2 Å². The molecule has 1 heterocycles. The molecule has 1 amide bonds. The number of nitrogens with one attached hydrogen (secondary N) is 1. The maximum atomic E-state index is 12.8. The average molecular weight is 465 g/mol. The number of alkyl halides is 2. The van der Waals surface area contributed by atoms with E-state index in [4.69, 9.17) is 0 Å². The highest BCUT2D eigenvalue weighted by atomic mass is 32.2. The molecule has 0 bridgehead atoms. The third-order valence-corrected chi connectivity index (χ3v) is 7.04. The van der Waals surface area contributed by atoms with Crippen molar-refractivity contribution in [2.75, 3.05) is 13.1 Å². The lowest BCUT2D eigenvalue weighted by molar-refractivity contribution is -0.116. The summed E-state index contributed by atoms with van der Waals surface area (Å²) in [4.78, 5) is 12.3. The van der Waals surface area contributed by atoms with Gasteiger partial charge in [0, 0.05) is 25.7 Å². The van der Waals surface area contributed by atoms with Crippen molar-refractivity contribution in [2.45, 2.75) is 43.7 Å². The molecule has 32 heavy (non-hydrogen) atoms. The summed E-state index contributed by atoms with van der Waals surface area (Å²) >= 11 is 0. The molecule has 3 rings (SSSR count). The van der Waals surface area contributed by atoms with Crippen molar-refractivity contribution in [1.29, 1.82) is 0 Å². The maximum Gasteiger partial charge on any atom is 0.387 e. The van der Waals surface area contributed by atoms with Crippen LogP contribution in [0.4, 0.5) is 8.78 Å². The predicted octanol–water partition coefficient (Wildman–Crippen LogP) is 4.18. The van der Waals surface area contributed by atoms with Gasteiger partial charge in [0.2, 0.25) is 15.9 Å². The minimum absolute atomic E-state index is 0.0521. The number of hydrogen-bond donors (Lipinski definition) is 1. The lowest BCUT2D eigenvalue weighted by atomic mass is 10.2. The molecule has 1 N–H and O–H groups in total. The molecular weight excluding hydrogens is 438 g/mol. The van der Waals surface area contributed by atoms with Crippen LogP contribution in [0.1, 0.15) is 36.8 Å². The molecule has 0 saturated carbocycles. The third-order valence-electron chi connectivity index (χ3n) is 5.13. The van der Waals surface area contributed by atoms with Crippen molar-refractivity contribution in [2.24, 2.45) is 0 Å². The normalized spacial score (nSPS) is 15.6. The zero-order chi connectivity index (χ0) is 23.0. The van der Waals surface area contributed by atoms with Crippen LogP contribution in [0.15, 0.2) is 59.5 Å². The van der Waals surface area contributed by atoms with Crippen LogP contribution in [0.5, 0.6) is 5.75 Å². The standard InChI is InChI=1S/C23H26F2N2O4S/c24-23(25)31-20-10-5-19(6-11-20)17-26-22(28)14-9-18-7-12-21(13-8-18)32(29,30)27-15-3-1-2-4-16-27/h5-14,23H,1-4,15-17H2,(H,26,28)/b14-9+. The summed E-state index contributed by atoms with van der Waals surface area (Å²) in [5.41, 5.74) is 1.43. The van der Waals surface area contributed by atoms with Crippen molar-refractivity contribution in [3.05, 3.63) is 65.7 Å². The quantitative estimate of drug-likeness (QED) is 0.595. The number of amides is 1. The average Bonchev–Trinajstić information content (AvgIpc) is 3.07. The van der Waals surface area contributed by atoms with E-state index in [9.17, 15) is 22.0 Å². The van der Waals surface area contributed by atoms with Crippen molar-refractivity contribution in [1.82, 2.24) is 9.62 Å². The Hall–Kier alpha value is -2.78. The number of benzene rings is 2. The first-order chi connectivity index (χ1) is 15.3. The molecule has 1 aliphatic heterocycles. The molecule has 1 saturated heterocycles. The van der Waals surface area contributed by atoms with E-state index in [1.165, 1.54) is 18.2 Å². The molecule has 0 unspecified atom stereocenters. The van der Waals surface area contributed by atoms with Gasteiger partial charge in [0.05, 0.1) is 4.90 Å². The molecule has 2 aromatic carbocycles. The molecule has 9 heteroatoms. The number of carbonyl (C=O) groups is 1. The van der Waals surface area contributed by atoms with Crippen molar-refractivity contribution in [3.8, 4) is 5.75 Å². The van der Waals surface area contributed by atoms with Gasteiger partial charge in [-0.3, -0.25) is 4.79 Å². The fraction of sp³-hybridized carbons (Fsp3) is 0.348. The van der Waals surface area contributed by atoms with Crippen LogP contribution in [0.25, 0.3) is 6.08 Å². The monoisotopic (exact) mass is 464 g/mol. The molecule has 0 aromatic heterocycles. The van der Waals surface area contributed by atoms with E-state index >= 15 is 0 Å². The molecule has 6 nitrogen and oxygen atoms in total. The van der Waals surface area contributed by atoms with Gasteiger partial charge in [-0.1, -0.05) is 37.1 Å². The lowest BCUT2D eigenvalue weighted by Gasteiger charge is -2.19. The number of hydrogen-bond acceptors (Lipinski definition) is 4. The maximum absolute atomic E-state index is 12.8. The molecule has 1 fully saturated rings. The Bertz CT molecular complexity index is 1010. The molecular formula is C23H26F2N2O4S. The fourth-order valence-electron chi connectivity index (χ4n) is 3.39. The number of ether oxygens (including phenoxy) is 1. The van der Waals surface area contributed by atoms with Gasteiger partial charge in [0.1, 0.15) is 5.75 Å². The molecule has 0 radical (unpaired) electrons. The predicted molar refractivity (Wildman–Crippen MR) is 118 cm³/mol. The fourth-order valence-corrected chi connectivity index (χ4v) is 4.91.